The first-order chi connectivity index (χ1) is 10.8. The molecule has 0 heterocycles. The lowest BCUT2D eigenvalue weighted by atomic mass is 10.1. The Morgan fingerprint density at radius 1 is 0.727 bits per heavy atom. The first-order valence-electron chi connectivity index (χ1n) is 7.25. The fourth-order valence-electron chi connectivity index (χ4n) is 2.49. The molecule has 0 aromatic heterocycles. The van der Waals surface area contributed by atoms with Crippen molar-refractivity contribution in [3.05, 3.63) is 90.0 Å². The minimum atomic E-state index is 0.681. The molecule has 2 heteroatoms. The fraction of sp³-hybridized carbons (Fsp3) is 0.0500. The number of aldehydes is 1. The van der Waals surface area contributed by atoms with Gasteiger partial charge in [0, 0.05) is 22.6 Å². The van der Waals surface area contributed by atoms with E-state index < -0.39 is 0 Å². The monoisotopic (exact) mass is 287 g/mol. The minimum absolute atomic E-state index is 0.681. The van der Waals surface area contributed by atoms with Gasteiger partial charge in [-0.15, -0.1) is 0 Å². The van der Waals surface area contributed by atoms with E-state index in [0.717, 1.165) is 23.3 Å². The molecule has 0 aliphatic heterocycles. The van der Waals surface area contributed by atoms with Crippen LogP contribution in [0.25, 0.3) is 0 Å². The molecule has 3 aromatic carbocycles. The van der Waals surface area contributed by atoms with Crippen LogP contribution in [0.3, 0.4) is 0 Å². The number of hydrogen-bond donors (Lipinski definition) is 0. The average Bonchev–Trinajstić information content (AvgIpc) is 2.57. The first-order valence-corrected chi connectivity index (χ1v) is 7.25. The van der Waals surface area contributed by atoms with E-state index >= 15 is 0 Å². The van der Waals surface area contributed by atoms with Gasteiger partial charge in [0.15, 0.2) is 0 Å². The van der Waals surface area contributed by atoms with Crippen molar-refractivity contribution in [1.82, 2.24) is 0 Å². The lowest BCUT2D eigenvalue weighted by Crippen LogP contribution is -2.09. The summed E-state index contributed by atoms with van der Waals surface area (Å²) in [5, 5.41) is 0. The highest BCUT2D eigenvalue weighted by Gasteiger charge is 2.11. The number of benzene rings is 3. The van der Waals surface area contributed by atoms with Crippen LogP contribution in [0.1, 0.15) is 15.9 Å². The number of carbonyl (C=O) groups excluding carboxylic acids is 1. The number of carbonyl (C=O) groups is 1. The van der Waals surface area contributed by atoms with Crippen molar-refractivity contribution in [3.63, 3.8) is 0 Å². The summed E-state index contributed by atoms with van der Waals surface area (Å²) >= 11 is 0. The van der Waals surface area contributed by atoms with Gasteiger partial charge < -0.3 is 4.90 Å². The minimum Gasteiger partial charge on any atom is -0.310 e. The standard InChI is InChI=1S/C20H17NO/c1-16-6-5-9-20(14-16)21(18-7-3-2-4-8-18)19-12-10-17(15-22)11-13-19/h2-15H,1H3. The second kappa shape index (κ2) is 6.27. The summed E-state index contributed by atoms with van der Waals surface area (Å²) in [6.45, 7) is 2.09. The van der Waals surface area contributed by atoms with Crippen LogP contribution in [0.4, 0.5) is 17.1 Å². The highest BCUT2D eigenvalue weighted by atomic mass is 16.1. The van der Waals surface area contributed by atoms with Gasteiger partial charge in [-0.2, -0.15) is 0 Å². The highest BCUT2D eigenvalue weighted by Crippen LogP contribution is 2.34. The second-order valence-corrected chi connectivity index (χ2v) is 5.22. The summed E-state index contributed by atoms with van der Waals surface area (Å²) in [6.07, 6.45) is 0.864. The molecule has 0 unspecified atom stereocenters. The molecule has 0 saturated heterocycles. The van der Waals surface area contributed by atoms with Crippen LogP contribution in [0.5, 0.6) is 0 Å². The Hall–Kier alpha value is -2.87. The molecule has 0 fully saturated rings. The quantitative estimate of drug-likeness (QED) is 0.609. The summed E-state index contributed by atoms with van der Waals surface area (Å²) in [7, 11) is 0. The van der Waals surface area contributed by atoms with Crippen molar-refractivity contribution >= 4 is 23.3 Å². The zero-order valence-electron chi connectivity index (χ0n) is 12.4. The Morgan fingerprint density at radius 2 is 1.36 bits per heavy atom. The van der Waals surface area contributed by atoms with E-state index in [1.165, 1.54) is 5.56 Å². The number of hydrogen-bond acceptors (Lipinski definition) is 2. The SMILES string of the molecule is Cc1cccc(N(c2ccccc2)c2ccc(C=O)cc2)c1. The molecule has 0 spiro atoms. The molecule has 3 aromatic rings. The molecule has 0 radical (unpaired) electrons. The lowest BCUT2D eigenvalue weighted by molar-refractivity contribution is 0.112. The largest absolute Gasteiger partial charge is 0.310 e. The van der Waals surface area contributed by atoms with Crippen LogP contribution in [0, 0.1) is 6.92 Å². The maximum atomic E-state index is 10.9. The average molecular weight is 287 g/mol. The Bertz CT molecular complexity index is 763. The van der Waals surface area contributed by atoms with Crippen molar-refractivity contribution in [1.29, 1.82) is 0 Å². The molecule has 0 aliphatic carbocycles. The summed E-state index contributed by atoms with van der Waals surface area (Å²) in [5.41, 5.74) is 5.11. The number of aryl methyl sites for hydroxylation is 1. The molecule has 0 atom stereocenters. The van der Waals surface area contributed by atoms with Gasteiger partial charge in [0.05, 0.1) is 0 Å². The number of rotatable bonds is 4. The zero-order valence-corrected chi connectivity index (χ0v) is 12.4. The highest BCUT2D eigenvalue weighted by molar-refractivity contribution is 5.80. The van der Waals surface area contributed by atoms with E-state index in [0.29, 0.717) is 5.56 Å². The molecular weight excluding hydrogens is 270 g/mol. The van der Waals surface area contributed by atoms with E-state index in [1.54, 1.807) is 0 Å². The molecule has 0 N–H and O–H groups in total. The van der Waals surface area contributed by atoms with E-state index in [2.05, 4.69) is 48.2 Å². The van der Waals surface area contributed by atoms with Crippen molar-refractivity contribution in [2.75, 3.05) is 4.90 Å². The lowest BCUT2D eigenvalue weighted by Gasteiger charge is -2.25. The molecule has 2 nitrogen and oxygen atoms in total. The molecule has 0 bridgehead atoms. The number of nitrogens with zero attached hydrogens (tertiary/aromatic N) is 1. The van der Waals surface area contributed by atoms with Crippen molar-refractivity contribution < 1.29 is 4.79 Å². The Kier molecular flexibility index (Phi) is 4.01. The number of anilines is 3. The maximum Gasteiger partial charge on any atom is 0.150 e. The number of para-hydroxylation sites is 1. The predicted octanol–water partition coefficient (Wildman–Crippen LogP) is 5.28. The van der Waals surface area contributed by atoms with Crippen molar-refractivity contribution in [2.45, 2.75) is 6.92 Å². The van der Waals surface area contributed by atoms with Gasteiger partial charge in [-0.05, 0) is 61.0 Å². The van der Waals surface area contributed by atoms with Crippen LogP contribution in [0.2, 0.25) is 0 Å². The Balaban J connectivity index is 2.12. The molecule has 3 rings (SSSR count). The Labute approximate surface area is 130 Å². The Morgan fingerprint density at radius 3 is 2.00 bits per heavy atom. The van der Waals surface area contributed by atoms with Gasteiger partial charge >= 0.3 is 0 Å². The summed E-state index contributed by atoms with van der Waals surface area (Å²) in [5.74, 6) is 0. The van der Waals surface area contributed by atoms with E-state index in [-0.39, 0.29) is 0 Å². The van der Waals surface area contributed by atoms with Crippen LogP contribution in [-0.2, 0) is 0 Å². The molecule has 108 valence electrons. The third kappa shape index (κ3) is 2.91. The normalized spacial score (nSPS) is 10.2. The second-order valence-electron chi connectivity index (χ2n) is 5.22. The fourth-order valence-corrected chi connectivity index (χ4v) is 2.49. The van der Waals surface area contributed by atoms with E-state index in [4.69, 9.17) is 0 Å². The van der Waals surface area contributed by atoms with Gasteiger partial charge in [0.2, 0.25) is 0 Å². The predicted molar refractivity (Wildman–Crippen MR) is 91.2 cm³/mol. The smallest absolute Gasteiger partial charge is 0.150 e. The topological polar surface area (TPSA) is 20.3 Å². The van der Waals surface area contributed by atoms with Crippen molar-refractivity contribution in [3.8, 4) is 0 Å². The van der Waals surface area contributed by atoms with Gasteiger partial charge in [0.25, 0.3) is 0 Å². The third-order valence-corrected chi connectivity index (χ3v) is 3.56. The molecular formula is C20H17NO. The van der Waals surface area contributed by atoms with Gasteiger partial charge in [-0.25, -0.2) is 0 Å². The van der Waals surface area contributed by atoms with Gasteiger partial charge in [-0.3, -0.25) is 4.79 Å². The summed E-state index contributed by atoms with van der Waals surface area (Å²) in [4.78, 5) is 13.0. The molecule has 22 heavy (non-hydrogen) atoms. The maximum absolute atomic E-state index is 10.9. The first kappa shape index (κ1) is 14.1. The van der Waals surface area contributed by atoms with Gasteiger partial charge in [-0.1, -0.05) is 30.3 Å². The zero-order chi connectivity index (χ0) is 15.4. The van der Waals surface area contributed by atoms with Gasteiger partial charge in [0.1, 0.15) is 6.29 Å². The summed E-state index contributed by atoms with van der Waals surface area (Å²) in [6, 6.07) is 26.2. The summed E-state index contributed by atoms with van der Waals surface area (Å²) < 4.78 is 0. The van der Waals surface area contributed by atoms with Crippen LogP contribution >= 0.6 is 0 Å². The molecule has 0 amide bonds. The van der Waals surface area contributed by atoms with Crippen LogP contribution in [-0.4, -0.2) is 6.29 Å². The van der Waals surface area contributed by atoms with E-state index in [1.807, 2.05) is 42.5 Å². The van der Waals surface area contributed by atoms with Crippen LogP contribution in [0.15, 0.2) is 78.9 Å². The van der Waals surface area contributed by atoms with E-state index in [9.17, 15) is 4.79 Å². The van der Waals surface area contributed by atoms with Crippen molar-refractivity contribution in [2.24, 2.45) is 0 Å². The van der Waals surface area contributed by atoms with Crippen LogP contribution < -0.4 is 4.90 Å². The third-order valence-electron chi connectivity index (χ3n) is 3.56. The molecule has 0 saturated carbocycles. The molecule has 0 aliphatic rings.